The molecule has 0 amide bonds. The van der Waals surface area contributed by atoms with Gasteiger partial charge in [0.1, 0.15) is 6.07 Å². The molecule has 0 atom stereocenters. The Morgan fingerprint density at radius 1 is 1.36 bits per heavy atom. The Balaban J connectivity index is 3.50. The molecule has 1 aromatic carbocycles. The van der Waals surface area contributed by atoms with Crippen molar-refractivity contribution in [1.82, 2.24) is 0 Å². The Morgan fingerprint density at radius 3 is 2.36 bits per heavy atom. The lowest BCUT2D eigenvalue weighted by atomic mass is 10.1. The smallest absolute Gasteiger partial charge is 0.192 e. The topological polar surface area (TPSA) is 23.8 Å². The van der Waals surface area contributed by atoms with Crippen LogP contribution in [-0.4, -0.2) is 0 Å². The molecule has 0 N–H and O–H groups in total. The van der Waals surface area contributed by atoms with Crippen LogP contribution in [-0.2, 0) is 6.18 Å². The molecule has 1 aromatic rings. The van der Waals surface area contributed by atoms with Crippen molar-refractivity contribution in [2.75, 3.05) is 0 Å². The Labute approximate surface area is 91.2 Å². The van der Waals surface area contributed by atoms with Gasteiger partial charge in [-0.1, -0.05) is 11.6 Å². The number of halogens is 5. The fourth-order valence-electron chi connectivity index (χ4n) is 0.911. The van der Waals surface area contributed by atoms with Gasteiger partial charge in [0.2, 0.25) is 0 Å². The van der Waals surface area contributed by atoms with Crippen molar-refractivity contribution in [3.63, 3.8) is 0 Å². The summed E-state index contributed by atoms with van der Waals surface area (Å²) in [5, 5.41) is 8.46. The van der Waals surface area contributed by atoms with Gasteiger partial charge in [0, 0.05) is 9.50 Å². The quantitative estimate of drug-likeness (QED) is 0.706. The van der Waals surface area contributed by atoms with Crippen molar-refractivity contribution in [2.45, 2.75) is 6.18 Å². The van der Waals surface area contributed by atoms with Crippen LogP contribution >= 0.6 is 27.5 Å². The Kier molecular flexibility index (Phi) is 3.07. The molecule has 6 heteroatoms. The third kappa shape index (κ3) is 2.20. The lowest BCUT2D eigenvalue weighted by Gasteiger charge is -2.09. The van der Waals surface area contributed by atoms with Crippen molar-refractivity contribution < 1.29 is 13.2 Å². The predicted molar refractivity (Wildman–Crippen MR) is 48.9 cm³/mol. The maximum Gasteiger partial charge on any atom is 0.417 e. The van der Waals surface area contributed by atoms with Crippen LogP contribution < -0.4 is 0 Å². The van der Waals surface area contributed by atoms with Gasteiger partial charge in [-0.2, -0.15) is 18.4 Å². The zero-order valence-corrected chi connectivity index (χ0v) is 8.83. The molecule has 0 aromatic heterocycles. The molecule has 1 rings (SSSR count). The van der Waals surface area contributed by atoms with E-state index < -0.39 is 17.3 Å². The Hall–Kier alpha value is -0.730. The average Bonchev–Trinajstić information content (AvgIpc) is 2.01. The summed E-state index contributed by atoms with van der Waals surface area (Å²) in [5.41, 5.74) is -1.48. The molecule has 0 spiro atoms. The average molecular weight is 284 g/mol. The molecule has 0 aliphatic heterocycles. The van der Waals surface area contributed by atoms with E-state index in [0.717, 1.165) is 6.07 Å². The summed E-state index contributed by atoms with van der Waals surface area (Å²) in [4.78, 5) is 0. The van der Waals surface area contributed by atoms with E-state index in [2.05, 4.69) is 15.9 Å². The zero-order chi connectivity index (χ0) is 10.9. The van der Waals surface area contributed by atoms with Gasteiger partial charge in [-0.25, -0.2) is 0 Å². The van der Waals surface area contributed by atoms with Crippen LogP contribution in [0.1, 0.15) is 11.1 Å². The molecule has 0 saturated carbocycles. The van der Waals surface area contributed by atoms with E-state index in [-0.39, 0.29) is 9.50 Å². The van der Waals surface area contributed by atoms with Gasteiger partial charge in [-0.3, -0.25) is 0 Å². The maximum atomic E-state index is 12.4. The molecule has 0 saturated heterocycles. The number of hydrogen-bond acceptors (Lipinski definition) is 1. The lowest BCUT2D eigenvalue weighted by Crippen LogP contribution is -2.08. The number of benzene rings is 1. The first-order valence-corrected chi connectivity index (χ1v) is 4.49. The first-order valence-electron chi connectivity index (χ1n) is 3.32. The van der Waals surface area contributed by atoms with Gasteiger partial charge in [0.05, 0.1) is 11.1 Å². The second kappa shape index (κ2) is 3.79. The van der Waals surface area contributed by atoms with Gasteiger partial charge < -0.3 is 0 Å². The second-order valence-electron chi connectivity index (χ2n) is 2.42. The largest absolute Gasteiger partial charge is 0.417 e. The number of rotatable bonds is 0. The molecule has 1 nitrogen and oxygen atoms in total. The SMILES string of the molecule is N#Cc1c(Br)cc(Cl)cc1C(F)(F)F. The van der Waals surface area contributed by atoms with Crippen molar-refractivity contribution in [3.8, 4) is 6.07 Å². The summed E-state index contributed by atoms with van der Waals surface area (Å²) >= 11 is 8.29. The van der Waals surface area contributed by atoms with Crippen molar-refractivity contribution in [1.29, 1.82) is 5.26 Å². The number of hydrogen-bond donors (Lipinski definition) is 0. The summed E-state index contributed by atoms with van der Waals surface area (Å²) in [6.07, 6.45) is -4.57. The minimum Gasteiger partial charge on any atom is -0.192 e. The third-order valence-electron chi connectivity index (χ3n) is 1.47. The van der Waals surface area contributed by atoms with Crippen molar-refractivity contribution in [3.05, 3.63) is 32.8 Å². The summed E-state index contributed by atoms with van der Waals surface area (Å²) in [6.45, 7) is 0. The van der Waals surface area contributed by atoms with E-state index in [1.54, 1.807) is 0 Å². The number of alkyl halides is 3. The number of nitriles is 1. The highest BCUT2D eigenvalue weighted by molar-refractivity contribution is 9.10. The van der Waals surface area contributed by atoms with E-state index >= 15 is 0 Å². The van der Waals surface area contributed by atoms with Gasteiger partial charge in [0.25, 0.3) is 0 Å². The molecular weight excluding hydrogens is 282 g/mol. The molecular formula is C8H2BrClF3N. The van der Waals surface area contributed by atoms with Crippen molar-refractivity contribution >= 4 is 27.5 Å². The molecule has 0 fully saturated rings. The first-order chi connectivity index (χ1) is 6.36. The fraction of sp³-hybridized carbons (Fsp3) is 0.125. The minimum atomic E-state index is -4.57. The van der Waals surface area contributed by atoms with Gasteiger partial charge in [0.15, 0.2) is 0 Å². The molecule has 0 heterocycles. The van der Waals surface area contributed by atoms with Crippen LogP contribution in [0.4, 0.5) is 13.2 Å². The lowest BCUT2D eigenvalue weighted by molar-refractivity contribution is -0.137. The summed E-state index contributed by atoms with van der Waals surface area (Å²) in [6, 6.07) is 3.44. The third-order valence-corrected chi connectivity index (χ3v) is 2.32. The van der Waals surface area contributed by atoms with Crippen LogP contribution in [0.5, 0.6) is 0 Å². The van der Waals surface area contributed by atoms with Crippen LogP contribution in [0, 0.1) is 11.3 Å². The van der Waals surface area contributed by atoms with Crippen LogP contribution in [0.2, 0.25) is 5.02 Å². The molecule has 0 aliphatic rings. The standard InChI is InChI=1S/C8H2BrClF3N/c9-7-2-4(10)1-6(5(7)3-14)8(11,12)13/h1-2H. The van der Waals surface area contributed by atoms with Crippen molar-refractivity contribution in [2.24, 2.45) is 0 Å². The van der Waals surface area contributed by atoms with Crippen LogP contribution in [0.25, 0.3) is 0 Å². The number of nitrogens with zero attached hydrogens (tertiary/aromatic N) is 1. The molecule has 0 radical (unpaired) electrons. The molecule has 74 valence electrons. The minimum absolute atomic E-state index is 0.0415. The maximum absolute atomic E-state index is 12.4. The summed E-state index contributed by atoms with van der Waals surface area (Å²) < 4.78 is 37.1. The summed E-state index contributed by atoms with van der Waals surface area (Å²) in [7, 11) is 0. The summed E-state index contributed by atoms with van der Waals surface area (Å²) in [5.74, 6) is 0. The second-order valence-corrected chi connectivity index (χ2v) is 3.71. The van der Waals surface area contributed by atoms with E-state index in [4.69, 9.17) is 16.9 Å². The molecule has 0 bridgehead atoms. The van der Waals surface area contributed by atoms with E-state index in [1.807, 2.05) is 0 Å². The fourth-order valence-corrected chi connectivity index (χ4v) is 1.81. The van der Waals surface area contributed by atoms with E-state index in [1.165, 1.54) is 12.1 Å². The highest BCUT2D eigenvalue weighted by Crippen LogP contribution is 2.36. The Bertz CT molecular complexity index is 408. The van der Waals surface area contributed by atoms with Crippen LogP contribution in [0.3, 0.4) is 0 Å². The van der Waals surface area contributed by atoms with Gasteiger partial charge in [-0.05, 0) is 28.1 Å². The zero-order valence-electron chi connectivity index (χ0n) is 6.49. The molecule has 14 heavy (non-hydrogen) atoms. The van der Waals surface area contributed by atoms with E-state index in [0.29, 0.717) is 0 Å². The highest BCUT2D eigenvalue weighted by atomic mass is 79.9. The first kappa shape index (κ1) is 11.3. The predicted octanol–water partition coefficient (Wildman–Crippen LogP) is 3.99. The normalized spacial score (nSPS) is 11.1. The van der Waals surface area contributed by atoms with Crippen LogP contribution in [0.15, 0.2) is 16.6 Å². The Morgan fingerprint density at radius 2 is 1.93 bits per heavy atom. The highest BCUT2D eigenvalue weighted by Gasteiger charge is 2.34. The monoisotopic (exact) mass is 283 g/mol. The molecule has 0 aliphatic carbocycles. The molecule has 0 unspecified atom stereocenters. The van der Waals surface area contributed by atoms with Gasteiger partial charge in [-0.15, -0.1) is 0 Å². The van der Waals surface area contributed by atoms with E-state index in [9.17, 15) is 13.2 Å². The van der Waals surface area contributed by atoms with Gasteiger partial charge >= 0.3 is 6.18 Å².